The van der Waals surface area contributed by atoms with Crippen LogP contribution in [0.15, 0.2) is 17.1 Å². The van der Waals surface area contributed by atoms with Crippen LogP contribution < -0.4 is 20.9 Å². The molecule has 1 aliphatic heterocycles. The van der Waals surface area contributed by atoms with E-state index in [9.17, 15) is 14.0 Å². The third-order valence-corrected chi connectivity index (χ3v) is 3.21. The SMILES string of the molecule is CN1COc2c(N)c(F)cc3c(=O)c(C(=O)O)cn1c23. The van der Waals surface area contributed by atoms with E-state index in [1.54, 1.807) is 12.1 Å². The number of ether oxygens (including phenoxy) is 1. The van der Waals surface area contributed by atoms with E-state index in [-0.39, 0.29) is 29.1 Å². The van der Waals surface area contributed by atoms with Gasteiger partial charge in [0.2, 0.25) is 5.43 Å². The second kappa shape index (κ2) is 3.86. The maximum absolute atomic E-state index is 13.7. The zero-order valence-corrected chi connectivity index (χ0v) is 10.4. The molecule has 0 saturated heterocycles. The number of nitrogens with two attached hydrogens (primary N) is 1. The highest BCUT2D eigenvalue weighted by Gasteiger charge is 2.25. The van der Waals surface area contributed by atoms with Gasteiger partial charge in [0, 0.05) is 13.2 Å². The van der Waals surface area contributed by atoms with Gasteiger partial charge in [0.15, 0.2) is 18.3 Å². The number of anilines is 1. The number of halogens is 1. The summed E-state index contributed by atoms with van der Waals surface area (Å²) in [6, 6.07) is 0.932. The molecule has 0 atom stereocenters. The third kappa shape index (κ3) is 1.44. The first-order valence-electron chi connectivity index (χ1n) is 5.66. The van der Waals surface area contributed by atoms with Crippen molar-refractivity contribution < 1.29 is 19.0 Å². The molecule has 0 unspecified atom stereocenters. The number of carbonyl (C=O) groups is 1. The maximum Gasteiger partial charge on any atom is 0.341 e. The molecule has 0 amide bonds. The van der Waals surface area contributed by atoms with Crippen molar-refractivity contribution in [3.05, 3.63) is 33.9 Å². The highest BCUT2D eigenvalue weighted by atomic mass is 19.1. The van der Waals surface area contributed by atoms with Crippen LogP contribution in [-0.2, 0) is 0 Å². The number of rotatable bonds is 1. The fourth-order valence-corrected chi connectivity index (χ4v) is 2.21. The first kappa shape index (κ1) is 12.3. The largest absolute Gasteiger partial charge is 0.477 e. The smallest absolute Gasteiger partial charge is 0.341 e. The normalized spacial score (nSPS) is 13.4. The van der Waals surface area contributed by atoms with Gasteiger partial charge in [0.25, 0.3) is 0 Å². The number of nitrogens with zero attached hydrogens (tertiary/aromatic N) is 2. The summed E-state index contributed by atoms with van der Waals surface area (Å²) in [5, 5.41) is 10.5. The van der Waals surface area contributed by atoms with Crippen LogP contribution in [0.1, 0.15) is 10.4 Å². The predicted molar refractivity (Wildman–Crippen MR) is 69.2 cm³/mol. The van der Waals surface area contributed by atoms with Gasteiger partial charge in [-0.25, -0.2) is 9.18 Å². The Bertz CT molecular complexity index is 815. The van der Waals surface area contributed by atoms with Crippen molar-refractivity contribution in [2.45, 2.75) is 0 Å². The van der Waals surface area contributed by atoms with E-state index in [2.05, 4.69) is 0 Å². The lowest BCUT2D eigenvalue weighted by Gasteiger charge is -2.31. The molecule has 2 heterocycles. The lowest BCUT2D eigenvalue weighted by Crippen LogP contribution is -2.39. The summed E-state index contributed by atoms with van der Waals surface area (Å²) >= 11 is 0. The van der Waals surface area contributed by atoms with Crippen molar-refractivity contribution in [1.29, 1.82) is 0 Å². The molecule has 1 aromatic carbocycles. The van der Waals surface area contributed by atoms with Crippen LogP contribution in [0.3, 0.4) is 0 Å². The Hall–Kier alpha value is -2.77. The number of aromatic carboxylic acids is 1. The molecule has 104 valence electrons. The van der Waals surface area contributed by atoms with Gasteiger partial charge in [-0.15, -0.1) is 0 Å². The molecular formula is C12H10FN3O4. The van der Waals surface area contributed by atoms with Crippen molar-refractivity contribution in [2.75, 3.05) is 24.5 Å². The van der Waals surface area contributed by atoms with Crippen LogP contribution >= 0.6 is 0 Å². The fourth-order valence-electron chi connectivity index (χ4n) is 2.21. The molecule has 20 heavy (non-hydrogen) atoms. The molecule has 1 aliphatic rings. The van der Waals surface area contributed by atoms with Gasteiger partial charge in [-0.2, -0.15) is 0 Å². The summed E-state index contributed by atoms with van der Waals surface area (Å²) in [5.41, 5.74) is 4.44. The summed E-state index contributed by atoms with van der Waals surface area (Å²) in [6.45, 7) is 0.0533. The monoisotopic (exact) mass is 279 g/mol. The van der Waals surface area contributed by atoms with Gasteiger partial charge < -0.3 is 15.6 Å². The van der Waals surface area contributed by atoms with Crippen LogP contribution in [0.4, 0.5) is 10.1 Å². The molecule has 1 aromatic heterocycles. The highest BCUT2D eigenvalue weighted by molar-refractivity contribution is 5.96. The Kier molecular flexibility index (Phi) is 2.37. The Morgan fingerprint density at radius 1 is 1.55 bits per heavy atom. The molecule has 3 rings (SSSR count). The van der Waals surface area contributed by atoms with Gasteiger partial charge in [-0.05, 0) is 6.07 Å². The van der Waals surface area contributed by atoms with Gasteiger partial charge in [-0.1, -0.05) is 0 Å². The summed E-state index contributed by atoms with van der Waals surface area (Å²) < 4.78 is 20.5. The number of carboxylic acids is 1. The summed E-state index contributed by atoms with van der Waals surface area (Å²) in [4.78, 5) is 23.2. The number of pyridine rings is 1. The predicted octanol–water partition coefficient (Wildman–Crippen LogP) is 0.339. The Labute approximate surface area is 111 Å². The second-order valence-corrected chi connectivity index (χ2v) is 4.45. The second-order valence-electron chi connectivity index (χ2n) is 4.45. The number of benzene rings is 1. The molecule has 0 spiro atoms. The Balaban J connectivity index is 2.57. The zero-order chi connectivity index (χ0) is 14.6. The van der Waals surface area contributed by atoms with E-state index < -0.39 is 22.8 Å². The molecule has 0 aliphatic carbocycles. The minimum absolute atomic E-state index is 0.0483. The molecule has 7 nitrogen and oxygen atoms in total. The van der Waals surface area contributed by atoms with Gasteiger partial charge in [0.1, 0.15) is 16.8 Å². The first-order valence-corrected chi connectivity index (χ1v) is 5.66. The molecule has 0 saturated carbocycles. The van der Waals surface area contributed by atoms with Gasteiger partial charge >= 0.3 is 5.97 Å². The van der Waals surface area contributed by atoms with Crippen molar-refractivity contribution in [1.82, 2.24) is 4.68 Å². The standard InChI is InChI=1S/C12H10FN3O4/c1-15-4-20-11-8(14)7(13)2-5-9(11)16(15)3-6(10(5)17)12(18)19/h2-3H,4,14H2,1H3,(H,18,19). The quantitative estimate of drug-likeness (QED) is 0.730. The van der Waals surface area contributed by atoms with Crippen LogP contribution in [0.5, 0.6) is 5.75 Å². The minimum Gasteiger partial charge on any atom is -0.477 e. The van der Waals surface area contributed by atoms with Crippen molar-refractivity contribution in [2.24, 2.45) is 0 Å². The summed E-state index contributed by atoms with van der Waals surface area (Å²) in [5.74, 6) is -2.14. The molecule has 0 fully saturated rings. The molecule has 0 bridgehead atoms. The number of carboxylic acid groups (broad SMARTS) is 1. The van der Waals surface area contributed by atoms with Crippen LogP contribution in [0, 0.1) is 5.82 Å². The lowest BCUT2D eigenvalue weighted by molar-refractivity contribution is 0.0694. The van der Waals surface area contributed by atoms with Crippen LogP contribution in [0.25, 0.3) is 10.9 Å². The summed E-state index contributed by atoms with van der Waals surface area (Å²) in [7, 11) is 1.64. The van der Waals surface area contributed by atoms with E-state index in [0.717, 1.165) is 6.07 Å². The highest BCUT2D eigenvalue weighted by Crippen LogP contribution is 2.35. The average Bonchev–Trinajstić information content (AvgIpc) is 2.39. The minimum atomic E-state index is -1.38. The Morgan fingerprint density at radius 3 is 2.90 bits per heavy atom. The van der Waals surface area contributed by atoms with E-state index in [4.69, 9.17) is 15.6 Å². The van der Waals surface area contributed by atoms with Crippen molar-refractivity contribution in [3.63, 3.8) is 0 Å². The number of nitrogen functional groups attached to an aromatic ring is 1. The third-order valence-electron chi connectivity index (χ3n) is 3.21. The van der Waals surface area contributed by atoms with E-state index in [1.165, 1.54) is 10.9 Å². The molecule has 8 heteroatoms. The molecular weight excluding hydrogens is 269 g/mol. The average molecular weight is 279 g/mol. The maximum atomic E-state index is 13.7. The Morgan fingerprint density at radius 2 is 2.25 bits per heavy atom. The zero-order valence-electron chi connectivity index (χ0n) is 10.4. The number of hydrogen-bond donors (Lipinski definition) is 2. The lowest BCUT2D eigenvalue weighted by atomic mass is 10.1. The molecule has 3 N–H and O–H groups in total. The molecule has 0 radical (unpaired) electrons. The number of aromatic nitrogens is 1. The first-order chi connectivity index (χ1) is 9.41. The van der Waals surface area contributed by atoms with Crippen molar-refractivity contribution in [3.8, 4) is 5.75 Å². The topological polar surface area (TPSA) is 97.8 Å². The van der Waals surface area contributed by atoms with Crippen LogP contribution in [-0.4, -0.2) is 29.5 Å². The van der Waals surface area contributed by atoms with Gasteiger partial charge in [0.05, 0.1) is 5.39 Å². The van der Waals surface area contributed by atoms with Crippen molar-refractivity contribution >= 4 is 22.6 Å². The van der Waals surface area contributed by atoms with Crippen LogP contribution in [0.2, 0.25) is 0 Å². The van der Waals surface area contributed by atoms with E-state index in [1.807, 2.05) is 0 Å². The summed E-state index contributed by atoms with van der Waals surface area (Å²) in [6.07, 6.45) is 1.18. The van der Waals surface area contributed by atoms with E-state index in [0.29, 0.717) is 0 Å². The molecule has 2 aromatic rings. The van der Waals surface area contributed by atoms with E-state index >= 15 is 0 Å². The number of hydrogen-bond acceptors (Lipinski definition) is 5. The fraction of sp³-hybridized carbons (Fsp3) is 0.167. The van der Waals surface area contributed by atoms with Gasteiger partial charge in [-0.3, -0.25) is 14.5 Å².